The summed E-state index contributed by atoms with van der Waals surface area (Å²) in [5.41, 5.74) is -0.174. The highest BCUT2D eigenvalue weighted by Gasteiger charge is 2.44. The summed E-state index contributed by atoms with van der Waals surface area (Å²) in [7, 11) is -3.10. The van der Waals surface area contributed by atoms with Gasteiger partial charge in [-0.05, 0) is 38.1 Å². The number of fused-ring (bicyclic) bond motifs is 2. The SMILES string of the molecule is COC(=O)C1=C(OC(=O)CN2C(=O)c3ccccc3C2=O)c2ccccc2S(=O)(=O)N1C(C)C. The van der Waals surface area contributed by atoms with Gasteiger partial charge in [0, 0.05) is 11.6 Å². The first-order chi connectivity index (χ1) is 16.1. The average Bonchev–Trinajstić information content (AvgIpc) is 3.04. The number of rotatable bonds is 5. The lowest BCUT2D eigenvalue weighted by Gasteiger charge is -2.34. The normalized spacial score (nSPS) is 16.5. The highest BCUT2D eigenvalue weighted by atomic mass is 32.2. The highest BCUT2D eigenvalue weighted by Crippen LogP contribution is 2.39. The van der Waals surface area contributed by atoms with Crippen molar-refractivity contribution in [1.82, 2.24) is 9.21 Å². The van der Waals surface area contributed by atoms with Crippen LogP contribution in [0.2, 0.25) is 0 Å². The van der Waals surface area contributed by atoms with Gasteiger partial charge in [0.15, 0.2) is 11.5 Å². The molecule has 0 radical (unpaired) electrons. The van der Waals surface area contributed by atoms with E-state index in [1.54, 1.807) is 26.0 Å². The summed E-state index contributed by atoms with van der Waals surface area (Å²) < 4.78 is 37.6. The number of methoxy groups -OCH3 is 1. The Kier molecular flexibility index (Phi) is 5.74. The molecule has 2 aliphatic rings. The van der Waals surface area contributed by atoms with Crippen molar-refractivity contribution in [1.29, 1.82) is 0 Å². The third-order valence-corrected chi connectivity index (χ3v) is 7.37. The van der Waals surface area contributed by atoms with Gasteiger partial charge in [-0.15, -0.1) is 0 Å². The Balaban J connectivity index is 1.75. The molecule has 0 fully saturated rings. The van der Waals surface area contributed by atoms with Crippen LogP contribution in [0.4, 0.5) is 0 Å². The second-order valence-electron chi connectivity index (χ2n) is 7.78. The molecule has 176 valence electrons. The molecule has 11 heteroatoms. The first-order valence-electron chi connectivity index (χ1n) is 10.2. The van der Waals surface area contributed by atoms with E-state index < -0.39 is 52.1 Å². The summed E-state index contributed by atoms with van der Waals surface area (Å²) >= 11 is 0. The van der Waals surface area contributed by atoms with Crippen LogP contribution in [0.15, 0.2) is 59.1 Å². The number of benzene rings is 2. The summed E-state index contributed by atoms with van der Waals surface area (Å²) in [5.74, 6) is -3.73. The molecule has 10 nitrogen and oxygen atoms in total. The number of amides is 2. The molecular weight excluding hydrogens is 464 g/mol. The molecule has 2 aliphatic heterocycles. The third-order valence-electron chi connectivity index (χ3n) is 5.33. The summed E-state index contributed by atoms with van der Waals surface area (Å²) in [6.07, 6.45) is 0. The monoisotopic (exact) mass is 484 g/mol. The fourth-order valence-electron chi connectivity index (χ4n) is 3.91. The average molecular weight is 484 g/mol. The van der Waals surface area contributed by atoms with Gasteiger partial charge in [-0.3, -0.25) is 18.8 Å². The van der Waals surface area contributed by atoms with Crippen LogP contribution in [0.25, 0.3) is 5.76 Å². The molecular formula is C23H20N2O8S. The lowest BCUT2D eigenvalue weighted by molar-refractivity contribution is -0.138. The number of carbonyl (C=O) groups excluding carboxylic acids is 4. The number of carbonyl (C=O) groups is 4. The van der Waals surface area contributed by atoms with Gasteiger partial charge in [0.2, 0.25) is 0 Å². The van der Waals surface area contributed by atoms with Crippen LogP contribution in [0, 0.1) is 0 Å². The lowest BCUT2D eigenvalue weighted by Crippen LogP contribution is -2.43. The molecule has 0 saturated carbocycles. The van der Waals surface area contributed by atoms with E-state index in [1.165, 1.54) is 36.4 Å². The van der Waals surface area contributed by atoms with Crippen molar-refractivity contribution in [3.8, 4) is 0 Å². The zero-order valence-electron chi connectivity index (χ0n) is 18.5. The minimum atomic E-state index is -4.17. The van der Waals surface area contributed by atoms with E-state index in [0.717, 1.165) is 16.3 Å². The fourth-order valence-corrected chi connectivity index (χ4v) is 5.76. The van der Waals surface area contributed by atoms with Gasteiger partial charge in [0.1, 0.15) is 6.54 Å². The molecule has 0 bridgehead atoms. The van der Waals surface area contributed by atoms with E-state index in [9.17, 15) is 27.6 Å². The van der Waals surface area contributed by atoms with E-state index in [4.69, 9.17) is 9.47 Å². The largest absolute Gasteiger partial charge is 0.464 e. The molecule has 2 aromatic carbocycles. The summed E-state index contributed by atoms with van der Waals surface area (Å²) in [4.78, 5) is 51.3. The Morgan fingerprint density at radius 2 is 1.44 bits per heavy atom. The minimum Gasteiger partial charge on any atom is -0.464 e. The molecule has 0 saturated heterocycles. The van der Waals surface area contributed by atoms with Crippen LogP contribution in [-0.4, -0.2) is 61.1 Å². The Labute approximate surface area is 195 Å². The predicted octanol–water partition coefficient (Wildman–Crippen LogP) is 1.78. The van der Waals surface area contributed by atoms with Crippen molar-refractivity contribution < 1.29 is 37.1 Å². The molecule has 0 N–H and O–H groups in total. The van der Waals surface area contributed by atoms with Gasteiger partial charge in [0.05, 0.1) is 23.1 Å². The number of imide groups is 1. The number of hydrogen-bond donors (Lipinski definition) is 0. The summed E-state index contributed by atoms with van der Waals surface area (Å²) in [5, 5.41) is 0. The lowest BCUT2D eigenvalue weighted by atomic mass is 10.1. The number of esters is 2. The van der Waals surface area contributed by atoms with Crippen molar-refractivity contribution in [3.05, 3.63) is 70.9 Å². The smallest absolute Gasteiger partial charge is 0.359 e. The van der Waals surface area contributed by atoms with Crippen LogP contribution in [0.1, 0.15) is 40.1 Å². The molecule has 4 rings (SSSR count). The maximum atomic E-state index is 13.2. The molecule has 0 spiro atoms. The number of nitrogens with zero attached hydrogens (tertiary/aromatic N) is 2. The van der Waals surface area contributed by atoms with Gasteiger partial charge >= 0.3 is 11.9 Å². The standard InChI is InChI=1S/C23H20N2O8S/c1-13(2)25-19(23(29)32-3)20(16-10-6-7-11-17(16)34(25,30)31)33-18(26)12-24-21(27)14-8-4-5-9-15(14)22(24)28/h4-11,13H,12H2,1-3H3. The number of hydrogen-bond acceptors (Lipinski definition) is 8. The Morgan fingerprint density at radius 3 is 1.97 bits per heavy atom. The van der Waals surface area contributed by atoms with Crippen molar-refractivity contribution in [2.75, 3.05) is 13.7 Å². The van der Waals surface area contributed by atoms with Crippen LogP contribution in [0.5, 0.6) is 0 Å². The first-order valence-corrected chi connectivity index (χ1v) is 11.7. The summed E-state index contributed by atoms with van der Waals surface area (Å²) in [6, 6.07) is 11.1. The number of ether oxygens (including phenoxy) is 2. The van der Waals surface area contributed by atoms with Gasteiger partial charge in [-0.1, -0.05) is 24.3 Å². The molecule has 2 aromatic rings. The topological polar surface area (TPSA) is 127 Å². The maximum Gasteiger partial charge on any atom is 0.359 e. The molecule has 0 aliphatic carbocycles. The van der Waals surface area contributed by atoms with Crippen molar-refractivity contribution in [3.63, 3.8) is 0 Å². The Morgan fingerprint density at radius 1 is 0.912 bits per heavy atom. The van der Waals surface area contributed by atoms with E-state index in [0.29, 0.717) is 0 Å². The number of sulfonamides is 1. The third kappa shape index (κ3) is 3.54. The molecule has 0 atom stereocenters. The van der Waals surface area contributed by atoms with E-state index in [2.05, 4.69) is 0 Å². The Bertz CT molecular complexity index is 1340. The molecule has 2 amide bonds. The van der Waals surface area contributed by atoms with Crippen LogP contribution in [-0.2, 0) is 29.1 Å². The maximum absolute atomic E-state index is 13.2. The van der Waals surface area contributed by atoms with Crippen LogP contribution >= 0.6 is 0 Å². The van der Waals surface area contributed by atoms with E-state index >= 15 is 0 Å². The zero-order chi connectivity index (χ0) is 24.8. The summed E-state index contributed by atoms with van der Waals surface area (Å²) in [6.45, 7) is 2.36. The molecule has 2 heterocycles. The van der Waals surface area contributed by atoms with Gasteiger partial charge in [-0.2, -0.15) is 0 Å². The zero-order valence-corrected chi connectivity index (χ0v) is 19.3. The molecule has 0 unspecified atom stereocenters. The van der Waals surface area contributed by atoms with Crippen molar-refractivity contribution >= 4 is 39.5 Å². The van der Waals surface area contributed by atoms with Crippen LogP contribution < -0.4 is 0 Å². The van der Waals surface area contributed by atoms with Crippen molar-refractivity contribution in [2.45, 2.75) is 24.8 Å². The second kappa shape index (κ2) is 8.41. The van der Waals surface area contributed by atoms with Crippen LogP contribution in [0.3, 0.4) is 0 Å². The quantitative estimate of drug-likeness (QED) is 0.464. The fraction of sp³-hybridized carbons (Fsp3) is 0.217. The Hall–Kier alpha value is -3.99. The first kappa shape index (κ1) is 23.2. The van der Waals surface area contributed by atoms with Gasteiger partial charge < -0.3 is 9.47 Å². The van der Waals surface area contributed by atoms with Gasteiger partial charge in [-0.25, -0.2) is 18.0 Å². The van der Waals surface area contributed by atoms with E-state index in [-0.39, 0.29) is 27.3 Å². The van der Waals surface area contributed by atoms with Gasteiger partial charge in [0.25, 0.3) is 21.8 Å². The minimum absolute atomic E-state index is 0.0180. The molecule has 34 heavy (non-hydrogen) atoms. The predicted molar refractivity (Wildman–Crippen MR) is 117 cm³/mol. The van der Waals surface area contributed by atoms with Crippen molar-refractivity contribution in [2.24, 2.45) is 0 Å². The highest BCUT2D eigenvalue weighted by molar-refractivity contribution is 7.89. The molecule has 0 aromatic heterocycles. The van der Waals surface area contributed by atoms with E-state index in [1.807, 2.05) is 0 Å². The second-order valence-corrected chi connectivity index (χ2v) is 9.56.